The standard InChI is InChI=1S/C16H16BrNOS/c1-11-6-5-7-12(2)16(11)18-15(19)10-20-14-9-4-3-8-13(14)17/h3-9H,10H2,1-2H3,(H,18,19). The van der Waals surface area contributed by atoms with Gasteiger partial charge < -0.3 is 5.32 Å². The van der Waals surface area contributed by atoms with E-state index in [1.54, 1.807) is 0 Å². The highest BCUT2D eigenvalue weighted by molar-refractivity contribution is 9.10. The Morgan fingerprint density at radius 2 is 1.75 bits per heavy atom. The lowest BCUT2D eigenvalue weighted by molar-refractivity contribution is -0.113. The van der Waals surface area contributed by atoms with E-state index in [9.17, 15) is 4.79 Å². The minimum atomic E-state index is 0.0168. The monoisotopic (exact) mass is 349 g/mol. The van der Waals surface area contributed by atoms with Gasteiger partial charge in [0.2, 0.25) is 5.91 Å². The molecule has 0 spiro atoms. The molecule has 0 aromatic heterocycles. The zero-order valence-corrected chi connectivity index (χ0v) is 13.8. The van der Waals surface area contributed by atoms with Gasteiger partial charge in [0.1, 0.15) is 0 Å². The van der Waals surface area contributed by atoms with Crippen molar-refractivity contribution in [2.24, 2.45) is 0 Å². The maximum atomic E-state index is 12.1. The van der Waals surface area contributed by atoms with Gasteiger partial charge in [-0.15, -0.1) is 11.8 Å². The van der Waals surface area contributed by atoms with Crippen LogP contribution in [-0.4, -0.2) is 11.7 Å². The van der Waals surface area contributed by atoms with E-state index in [1.807, 2.05) is 56.3 Å². The fourth-order valence-corrected chi connectivity index (χ4v) is 3.26. The van der Waals surface area contributed by atoms with E-state index in [0.717, 1.165) is 26.2 Å². The Bertz CT molecular complexity index is 607. The van der Waals surface area contributed by atoms with Gasteiger partial charge in [-0.2, -0.15) is 0 Å². The molecule has 2 aromatic rings. The smallest absolute Gasteiger partial charge is 0.234 e. The lowest BCUT2D eigenvalue weighted by atomic mass is 10.1. The Morgan fingerprint density at radius 3 is 2.40 bits per heavy atom. The summed E-state index contributed by atoms with van der Waals surface area (Å²) in [5.41, 5.74) is 3.10. The zero-order valence-electron chi connectivity index (χ0n) is 11.4. The van der Waals surface area contributed by atoms with Crippen LogP contribution in [0.25, 0.3) is 0 Å². The first kappa shape index (κ1) is 15.1. The summed E-state index contributed by atoms with van der Waals surface area (Å²) in [6.45, 7) is 4.01. The summed E-state index contributed by atoms with van der Waals surface area (Å²) >= 11 is 5.01. The van der Waals surface area contributed by atoms with Gasteiger partial charge in [0.25, 0.3) is 0 Å². The number of nitrogens with one attached hydrogen (secondary N) is 1. The molecule has 0 aliphatic rings. The van der Waals surface area contributed by atoms with Gasteiger partial charge in [0.15, 0.2) is 0 Å². The third kappa shape index (κ3) is 3.87. The van der Waals surface area contributed by atoms with Crippen molar-refractivity contribution in [3.8, 4) is 0 Å². The predicted octanol–water partition coefficient (Wildman–Crippen LogP) is 4.80. The summed E-state index contributed by atoms with van der Waals surface area (Å²) < 4.78 is 1.02. The van der Waals surface area contributed by atoms with Crippen molar-refractivity contribution in [1.29, 1.82) is 0 Å². The molecule has 0 heterocycles. The molecule has 0 radical (unpaired) electrons. The SMILES string of the molecule is Cc1cccc(C)c1NC(=O)CSc1ccccc1Br. The first-order valence-electron chi connectivity index (χ1n) is 6.31. The number of anilines is 1. The molecule has 1 amide bonds. The van der Waals surface area contributed by atoms with Gasteiger partial charge in [0.05, 0.1) is 5.75 Å². The molecule has 2 aromatic carbocycles. The van der Waals surface area contributed by atoms with Gasteiger partial charge >= 0.3 is 0 Å². The van der Waals surface area contributed by atoms with Crippen molar-refractivity contribution >= 4 is 39.3 Å². The molecule has 0 aliphatic carbocycles. The lowest BCUT2D eigenvalue weighted by Crippen LogP contribution is -2.15. The molecule has 4 heteroatoms. The molecular weight excluding hydrogens is 334 g/mol. The Kier molecular flexibility index (Phi) is 5.26. The minimum Gasteiger partial charge on any atom is -0.325 e. The van der Waals surface area contributed by atoms with Crippen LogP contribution in [0.2, 0.25) is 0 Å². The number of benzene rings is 2. The molecule has 104 valence electrons. The number of carbonyl (C=O) groups excluding carboxylic acids is 1. The fraction of sp³-hybridized carbons (Fsp3) is 0.188. The first-order chi connectivity index (χ1) is 9.58. The van der Waals surface area contributed by atoms with Crippen molar-refractivity contribution in [3.63, 3.8) is 0 Å². The molecular formula is C16H16BrNOS. The summed E-state index contributed by atoms with van der Waals surface area (Å²) in [5.74, 6) is 0.416. The molecule has 1 N–H and O–H groups in total. The van der Waals surface area contributed by atoms with Crippen LogP contribution in [0.5, 0.6) is 0 Å². The van der Waals surface area contributed by atoms with Gasteiger partial charge in [0, 0.05) is 15.1 Å². The van der Waals surface area contributed by atoms with Crippen LogP contribution in [0.1, 0.15) is 11.1 Å². The highest BCUT2D eigenvalue weighted by Gasteiger charge is 2.08. The van der Waals surface area contributed by atoms with E-state index in [2.05, 4.69) is 21.2 Å². The summed E-state index contributed by atoms with van der Waals surface area (Å²) in [7, 11) is 0. The normalized spacial score (nSPS) is 10.3. The van der Waals surface area contributed by atoms with Crippen LogP contribution in [0.4, 0.5) is 5.69 Å². The highest BCUT2D eigenvalue weighted by Crippen LogP contribution is 2.27. The molecule has 0 atom stereocenters. The number of para-hydroxylation sites is 1. The lowest BCUT2D eigenvalue weighted by Gasteiger charge is -2.11. The zero-order chi connectivity index (χ0) is 14.5. The largest absolute Gasteiger partial charge is 0.325 e. The van der Waals surface area contributed by atoms with Gasteiger partial charge in [-0.05, 0) is 53.0 Å². The Labute approximate surface area is 132 Å². The summed E-state index contributed by atoms with van der Waals surface area (Å²) in [4.78, 5) is 13.1. The Balaban J connectivity index is 1.98. The van der Waals surface area contributed by atoms with Crippen LogP contribution in [0.3, 0.4) is 0 Å². The summed E-state index contributed by atoms with van der Waals surface area (Å²) in [6, 6.07) is 13.9. The maximum Gasteiger partial charge on any atom is 0.234 e. The van der Waals surface area contributed by atoms with E-state index >= 15 is 0 Å². The molecule has 0 saturated carbocycles. The molecule has 0 aliphatic heterocycles. The van der Waals surface area contributed by atoms with Gasteiger partial charge in [-0.3, -0.25) is 4.79 Å². The number of hydrogen-bond acceptors (Lipinski definition) is 2. The van der Waals surface area contributed by atoms with Crippen LogP contribution < -0.4 is 5.32 Å². The first-order valence-corrected chi connectivity index (χ1v) is 8.09. The van der Waals surface area contributed by atoms with Crippen molar-refractivity contribution in [2.45, 2.75) is 18.7 Å². The minimum absolute atomic E-state index is 0.0168. The van der Waals surface area contributed by atoms with Crippen molar-refractivity contribution < 1.29 is 4.79 Å². The van der Waals surface area contributed by atoms with E-state index in [1.165, 1.54) is 11.8 Å². The molecule has 0 unspecified atom stereocenters. The second-order valence-corrected chi connectivity index (χ2v) is 6.41. The van der Waals surface area contributed by atoms with Crippen molar-refractivity contribution in [1.82, 2.24) is 0 Å². The highest BCUT2D eigenvalue weighted by atomic mass is 79.9. The molecule has 0 bridgehead atoms. The van der Waals surface area contributed by atoms with Gasteiger partial charge in [-0.1, -0.05) is 30.3 Å². The van der Waals surface area contributed by atoms with Crippen LogP contribution in [0.15, 0.2) is 51.8 Å². The predicted molar refractivity (Wildman–Crippen MR) is 89.4 cm³/mol. The second-order valence-electron chi connectivity index (χ2n) is 4.53. The van der Waals surface area contributed by atoms with E-state index < -0.39 is 0 Å². The Hall–Kier alpha value is -1.26. The quantitative estimate of drug-likeness (QED) is 0.803. The third-order valence-corrected chi connectivity index (χ3v) is 4.97. The van der Waals surface area contributed by atoms with Crippen LogP contribution in [-0.2, 0) is 4.79 Å². The topological polar surface area (TPSA) is 29.1 Å². The molecule has 0 fully saturated rings. The van der Waals surface area contributed by atoms with Crippen molar-refractivity contribution in [2.75, 3.05) is 11.1 Å². The number of amides is 1. The summed E-state index contributed by atoms with van der Waals surface area (Å²) in [5, 5.41) is 2.99. The van der Waals surface area contributed by atoms with E-state index in [4.69, 9.17) is 0 Å². The summed E-state index contributed by atoms with van der Waals surface area (Å²) in [6.07, 6.45) is 0. The fourth-order valence-electron chi connectivity index (χ4n) is 1.89. The number of halogens is 1. The average molecular weight is 350 g/mol. The number of hydrogen-bond donors (Lipinski definition) is 1. The van der Waals surface area contributed by atoms with E-state index in [-0.39, 0.29) is 5.91 Å². The number of rotatable bonds is 4. The molecule has 2 nitrogen and oxygen atoms in total. The number of thioether (sulfide) groups is 1. The maximum absolute atomic E-state index is 12.1. The third-order valence-electron chi connectivity index (χ3n) is 2.94. The van der Waals surface area contributed by atoms with E-state index in [0.29, 0.717) is 5.75 Å². The molecule has 0 saturated heterocycles. The van der Waals surface area contributed by atoms with Crippen LogP contribution >= 0.6 is 27.7 Å². The Morgan fingerprint density at radius 1 is 1.10 bits per heavy atom. The molecule has 20 heavy (non-hydrogen) atoms. The number of aryl methyl sites for hydroxylation is 2. The van der Waals surface area contributed by atoms with Crippen LogP contribution in [0, 0.1) is 13.8 Å². The average Bonchev–Trinajstić information content (AvgIpc) is 2.42. The van der Waals surface area contributed by atoms with Gasteiger partial charge in [-0.25, -0.2) is 0 Å². The second kappa shape index (κ2) is 6.95. The van der Waals surface area contributed by atoms with Crippen molar-refractivity contribution in [3.05, 3.63) is 58.1 Å². The number of carbonyl (C=O) groups is 1. The molecule has 2 rings (SSSR count).